The van der Waals surface area contributed by atoms with Crippen molar-refractivity contribution in [2.75, 3.05) is 13.7 Å². The van der Waals surface area contributed by atoms with Crippen molar-refractivity contribution in [2.24, 2.45) is 34.5 Å². The van der Waals surface area contributed by atoms with Crippen LogP contribution < -0.4 is 0 Å². The van der Waals surface area contributed by atoms with Crippen molar-refractivity contribution >= 4 is 11.6 Å². The summed E-state index contributed by atoms with van der Waals surface area (Å²) in [5.41, 5.74) is 1.32. The van der Waals surface area contributed by atoms with Gasteiger partial charge in [0.15, 0.2) is 11.6 Å². The van der Waals surface area contributed by atoms with Crippen LogP contribution in [0.3, 0.4) is 0 Å². The van der Waals surface area contributed by atoms with Crippen LogP contribution in [0.4, 0.5) is 0 Å². The highest BCUT2D eigenvalue weighted by Gasteiger charge is 2.63. The number of Topliss-reactive ketones (excluding diaryl/α,β-unsaturated/α-hetero) is 1. The minimum atomic E-state index is -0.342. The molecule has 0 aromatic carbocycles. The number of hydrogen-bond acceptors (Lipinski definition) is 4. The van der Waals surface area contributed by atoms with Gasteiger partial charge in [-0.1, -0.05) is 19.4 Å². The van der Waals surface area contributed by atoms with Gasteiger partial charge in [-0.15, -0.1) is 0 Å². The van der Waals surface area contributed by atoms with Gasteiger partial charge in [-0.3, -0.25) is 9.59 Å². The number of fused-ring (bicyclic) bond motifs is 5. The number of rotatable bonds is 3. The van der Waals surface area contributed by atoms with E-state index in [4.69, 9.17) is 4.74 Å². The van der Waals surface area contributed by atoms with Gasteiger partial charge >= 0.3 is 0 Å². The maximum Gasteiger partial charge on any atom is 0.161 e. The molecule has 0 spiro atoms. The minimum Gasteiger partial charge on any atom is -0.389 e. The van der Waals surface area contributed by atoms with Crippen LogP contribution in [0, 0.1) is 34.5 Å². The zero-order chi connectivity index (χ0) is 18.7. The molecule has 4 nitrogen and oxygen atoms in total. The highest BCUT2D eigenvalue weighted by Crippen LogP contribution is 2.67. The third-order valence-corrected chi connectivity index (χ3v) is 8.72. The molecule has 0 heterocycles. The predicted octanol–water partition coefficient (Wildman–Crippen LogP) is 3.32. The Morgan fingerprint density at radius 1 is 1.27 bits per heavy atom. The topological polar surface area (TPSA) is 63.6 Å². The summed E-state index contributed by atoms with van der Waals surface area (Å²) < 4.78 is 6.05. The number of methoxy groups -OCH3 is 1. The van der Waals surface area contributed by atoms with Gasteiger partial charge in [-0.2, -0.15) is 0 Å². The maximum atomic E-state index is 12.4. The van der Waals surface area contributed by atoms with Gasteiger partial charge in [0.2, 0.25) is 0 Å². The van der Waals surface area contributed by atoms with Crippen LogP contribution in [-0.2, 0) is 14.3 Å². The quantitative estimate of drug-likeness (QED) is 0.839. The lowest BCUT2D eigenvalue weighted by atomic mass is 9.46. The monoisotopic (exact) mass is 360 g/mol. The van der Waals surface area contributed by atoms with Gasteiger partial charge in [0.25, 0.3) is 0 Å². The number of carbonyl (C=O) groups is 2. The molecule has 4 rings (SSSR count). The molecule has 0 aromatic heterocycles. The van der Waals surface area contributed by atoms with Crippen molar-refractivity contribution in [3.63, 3.8) is 0 Å². The Morgan fingerprint density at radius 2 is 2.04 bits per heavy atom. The summed E-state index contributed by atoms with van der Waals surface area (Å²) >= 11 is 0. The molecule has 4 aliphatic carbocycles. The maximum absolute atomic E-state index is 12.4. The fourth-order valence-corrected chi connectivity index (χ4v) is 7.52. The van der Waals surface area contributed by atoms with Gasteiger partial charge in [0, 0.05) is 19.4 Å². The second kappa shape index (κ2) is 6.27. The summed E-state index contributed by atoms with van der Waals surface area (Å²) in [5, 5.41) is 9.46. The van der Waals surface area contributed by atoms with Crippen molar-refractivity contribution in [3.05, 3.63) is 11.6 Å². The molecule has 0 saturated heterocycles. The number of carbonyl (C=O) groups excluding carboxylic acids is 2. The van der Waals surface area contributed by atoms with Gasteiger partial charge in [0.05, 0.1) is 6.10 Å². The summed E-state index contributed by atoms with van der Waals surface area (Å²) in [4.78, 5) is 24.4. The zero-order valence-electron chi connectivity index (χ0n) is 16.3. The second-order valence-corrected chi connectivity index (χ2v) is 9.63. The standard InChI is InChI=1S/C22H32O4/c1-21-9-8-14(24)10-13(21)4-5-15-16-6-7-17(18(25)12-23)22(16,2)11-19(26-3)20(15)21/h10,15-17,19-20,23H,4-9,11-12H2,1-3H3. The fourth-order valence-electron chi connectivity index (χ4n) is 7.52. The average molecular weight is 360 g/mol. The second-order valence-electron chi connectivity index (χ2n) is 9.63. The third-order valence-electron chi connectivity index (χ3n) is 8.72. The Bertz CT molecular complexity index is 653. The number of aliphatic hydroxyl groups is 1. The Kier molecular flexibility index (Phi) is 4.43. The van der Waals surface area contributed by atoms with E-state index in [-0.39, 0.29) is 41.0 Å². The number of hydrogen-bond donors (Lipinski definition) is 1. The number of ether oxygens (including phenoxy) is 1. The highest BCUT2D eigenvalue weighted by molar-refractivity contribution is 5.91. The molecule has 0 aliphatic heterocycles. The molecule has 4 heteroatoms. The number of aliphatic hydroxyl groups excluding tert-OH is 1. The molecule has 1 N–H and O–H groups in total. The largest absolute Gasteiger partial charge is 0.389 e. The molecule has 0 bridgehead atoms. The van der Waals surface area contributed by atoms with Crippen LogP contribution in [0.1, 0.15) is 58.8 Å². The Morgan fingerprint density at radius 3 is 2.73 bits per heavy atom. The first-order chi connectivity index (χ1) is 12.3. The fraction of sp³-hybridized carbons (Fsp3) is 0.818. The van der Waals surface area contributed by atoms with Crippen molar-refractivity contribution in [2.45, 2.75) is 64.9 Å². The van der Waals surface area contributed by atoms with Crippen molar-refractivity contribution in [1.82, 2.24) is 0 Å². The van der Waals surface area contributed by atoms with E-state index in [1.165, 1.54) is 5.57 Å². The molecular weight excluding hydrogens is 328 g/mol. The molecule has 0 aromatic rings. The smallest absolute Gasteiger partial charge is 0.161 e. The van der Waals surface area contributed by atoms with E-state index in [2.05, 4.69) is 13.8 Å². The summed E-state index contributed by atoms with van der Waals surface area (Å²) in [6.45, 7) is 4.27. The minimum absolute atomic E-state index is 0.00849. The molecule has 0 amide bonds. The highest BCUT2D eigenvalue weighted by atomic mass is 16.5. The normalized spacial score (nSPS) is 47.6. The first-order valence-corrected chi connectivity index (χ1v) is 10.3. The predicted molar refractivity (Wildman–Crippen MR) is 98.5 cm³/mol. The van der Waals surface area contributed by atoms with Crippen molar-refractivity contribution in [1.29, 1.82) is 0 Å². The number of ketones is 2. The van der Waals surface area contributed by atoms with E-state index in [1.807, 2.05) is 6.08 Å². The molecule has 3 saturated carbocycles. The molecule has 7 unspecified atom stereocenters. The molecule has 7 atom stereocenters. The van der Waals surface area contributed by atoms with Crippen LogP contribution in [0.15, 0.2) is 11.6 Å². The molecule has 0 radical (unpaired) electrons. The van der Waals surface area contributed by atoms with Crippen LogP contribution in [0.25, 0.3) is 0 Å². The van der Waals surface area contributed by atoms with Gasteiger partial charge in [-0.05, 0) is 73.2 Å². The SMILES string of the molecule is COC1CC2(C)C(C(=O)CO)CCC2C2CCC3=CC(=O)CCC3(C)C12. The lowest BCUT2D eigenvalue weighted by molar-refractivity contribution is -0.152. The van der Waals surface area contributed by atoms with Gasteiger partial charge in [-0.25, -0.2) is 0 Å². The lowest BCUT2D eigenvalue weighted by Crippen LogP contribution is -2.57. The van der Waals surface area contributed by atoms with Crippen LogP contribution in [0.5, 0.6) is 0 Å². The molecule has 144 valence electrons. The molecule has 3 fully saturated rings. The van der Waals surface area contributed by atoms with E-state index in [1.54, 1.807) is 7.11 Å². The molecular formula is C22H32O4. The Balaban J connectivity index is 1.73. The van der Waals surface area contributed by atoms with Gasteiger partial charge < -0.3 is 9.84 Å². The molecule has 4 aliphatic rings. The number of allylic oxidation sites excluding steroid dienone is 1. The first kappa shape index (κ1) is 18.4. The Labute approximate surface area is 156 Å². The van der Waals surface area contributed by atoms with E-state index in [9.17, 15) is 14.7 Å². The summed E-state index contributed by atoms with van der Waals surface area (Å²) in [5.74, 6) is 1.76. The Hall–Kier alpha value is -1.00. The lowest BCUT2D eigenvalue weighted by Gasteiger charge is -2.60. The van der Waals surface area contributed by atoms with Gasteiger partial charge in [0.1, 0.15) is 6.61 Å². The van der Waals surface area contributed by atoms with Crippen molar-refractivity contribution in [3.8, 4) is 0 Å². The van der Waals surface area contributed by atoms with Crippen LogP contribution in [-0.4, -0.2) is 36.5 Å². The first-order valence-electron chi connectivity index (χ1n) is 10.3. The summed E-state index contributed by atoms with van der Waals surface area (Å²) in [7, 11) is 1.80. The molecule has 26 heavy (non-hydrogen) atoms. The van der Waals surface area contributed by atoms with Crippen LogP contribution in [0.2, 0.25) is 0 Å². The zero-order valence-corrected chi connectivity index (χ0v) is 16.3. The van der Waals surface area contributed by atoms with E-state index >= 15 is 0 Å². The van der Waals surface area contributed by atoms with Crippen molar-refractivity contribution < 1.29 is 19.4 Å². The average Bonchev–Trinajstić information content (AvgIpc) is 2.97. The third kappa shape index (κ3) is 2.41. The van der Waals surface area contributed by atoms with E-state index < -0.39 is 0 Å². The summed E-state index contributed by atoms with van der Waals surface area (Å²) in [6.07, 6.45) is 8.60. The van der Waals surface area contributed by atoms with E-state index in [0.29, 0.717) is 24.2 Å². The van der Waals surface area contributed by atoms with E-state index in [0.717, 1.165) is 38.5 Å². The van der Waals surface area contributed by atoms with Crippen LogP contribution >= 0.6 is 0 Å². The summed E-state index contributed by atoms with van der Waals surface area (Å²) in [6, 6.07) is 0.